The number of hydrogen-bond donors (Lipinski definition) is 1. The van der Waals surface area contributed by atoms with Crippen molar-refractivity contribution < 1.29 is 14.6 Å². The van der Waals surface area contributed by atoms with Crippen molar-refractivity contribution in [3.8, 4) is 0 Å². The molecular formula is C8H14O3. The standard InChI is InChI=1S/C8H14O3/c1-6(2)4-7(5-9)8(10)11-3/h5-6,9H,4H2,1-3H3. The lowest BCUT2D eigenvalue weighted by atomic mass is 10.0. The first kappa shape index (κ1) is 10.0. The molecule has 0 aliphatic rings. The van der Waals surface area contributed by atoms with Crippen molar-refractivity contribution in [2.75, 3.05) is 7.11 Å². The van der Waals surface area contributed by atoms with Crippen molar-refractivity contribution in [1.82, 2.24) is 0 Å². The fourth-order valence-electron chi connectivity index (χ4n) is 0.760. The van der Waals surface area contributed by atoms with Gasteiger partial charge in [-0.1, -0.05) is 13.8 Å². The Bertz CT molecular complexity index is 159. The molecule has 3 nitrogen and oxygen atoms in total. The predicted molar refractivity (Wildman–Crippen MR) is 42.2 cm³/mol. The zero-order valence-corrected chi connectivity index (χ0v) is 7.13. The monoisotopic (exact) mass is 158 g/mol. The molecule has 0 aromatic heterocycles. The van der Waals surface area contributed by atoms with Gasteiger partial charge in [0, 0.05) is 0 Å². The molecule has 1 N–H and O–H groups in total. The van der Waals surface area contributed by atoms with Crippen LogP contribution in [-0.4, -0.2) is 18.2 Å². The van der Waals surface area contributed by atoms with E-state index in [9.17, 15) is 4.79 Å². The Morgan fingerprint density at radius 3 is 2.45 bits per heavy atom. The number of rotatable bonds is 3. The quantitative estimate of drug-likeness (QED) is 0.386. The van der Waals surface area contributed by atoms with E-state index in [2.05, 4.69) is 4.74 Å². The van der Waals surface area contributed by atoms with Gasteiger partial charge in [-0.15, -0.1) is 0 Å². The van der Waals surface area contributed by atoms with E-state index >= 15 is 0 Å². The van der Waals surface area contributed by atoms with Crippen molar-refractivity contribution in [2.45, 2.75) is 20.3 Å². The summed E-state index contributed by atoms with van der Waals surface area (Å²) >= 11 is 0. The Kier molecular flexibility index (Phi) is 4.34. The molecule has 0 atom stereocenters. The number of carbonyl (C=O) groups is 1. The lowest BCUT2D eigenvalue weighted by Gasteiger charge is -2.05. The number of esters is 1. The largest absolute Gasteiger partial charge is 0.515 e. The van der Waals surface area contributed by atoms with Crippen molar-refractivity contribution >= 4 is 5.97 Å². The molecule has 0 heterocycles. The smallest absolute Gasteiger partial charge is 0.336 e. The first-order valence-corrected chi connectivity index (χ1v) is 3.53. The van der Waals surface area contributed by atoms with Crippen LogP contribution in [0.25, 0.3) is 0 Å². The average molecular weight is 158 g/mol. The Labute approximate surface area is 66.7 Å². The van der Waals surface area contributed by atoms with E-state index < -0.39 is 5.97 Å². The van der Waals surface area contributed by atoms with E-state index in [1.165, 1.54) is 7.11 Å². The predicted octanol–water partition coefficient (Wildman–Crippen LogP) is 1.65. The molecule has 0 aliphatic heterocycles. The Morgan fingerprint density at radius 2 is 2.18 bits per heavy atom. The van der Waals surface area contributed by atoms with Crippen LogP contribution in [0.2, 0.25) is 0 Å². The maximum absolute atomic E-state index is 10.8. The van der Waals surface area contributed by atoms with Crippen LogP contribution in [0.5, 0.6) is 0 Å². The molecule has 11 heavy (non-hydrogen) atoms. The van der Waals surface area contributed by atoms with E-state index in [1.807, 2.05) is 13.8 Å². The number of methoxy groups -OCH3 is 1. The molecule has 0 aliphatic carbocycles. The summed E-state index contributed by atoms with van der Waals surface area (Å²) in [5.74, 6) is -0.117. The summed E-state index contributed by atoms with van der Waals surface area (Å²) in [4.78, 5) is 10.8. The fourth-order valence-corrected chi connectivity index (χ4v) is 0.760. The van der Waals surface area contributed by atoms with Gasteiger partial charge in [0.1, 0.15) is 0 Å². The van der Waals surface area contributed by atoms with E-state index in [4.69, 9.17) is 5.11 Å². The molecular weight excluding hydrogens is 144 g/mol. The molecule has 0 spiro atoms. The second kappa shape index (κ2) is 4.77. The summed E-state index contributed by atoms with van der Waals surface area (Å²) in [6.07, 6.45) is 1.36. The third kappa shape index (κ3) is 3.65. The van der Waals surface area contributed by atoms with Crippen LogP contribution in [0, 0.1) is 5.92 Å². The number of aliphatic hydroxyl groups is 1. The van der Waals surface area contributed by atoms with Crippen LogP contribution in [-0.2, 0) is 9.53 Å². The zero-order chi connectivity index (χ0) is 8.85. The summed E-state index contributed by atoms with van der Waals surface area (Å²) in [7, 11) is 1.30. The molecule has 0 radical (unpaired) electrons. The van der Waals surface area contributed by atoms with Gasteiger partial charge in [-0.3, -0.25) is 0 Å². The van der Waals surface area contributed by atoms with E-state index in [0.717, 1.165) is 6.26 Å². The Balaban J connectivity index is 4.09. The number of ether oxygens (including phenoxy) is 1. The molecule has 0 amide bonds. The van der Waals surface area contributed by atoms with E-state index in [0.29, 0.717) is 17.9 Å². The molecule has 0 fully saturated rings. The van der Waals surface area contributed by atoms with Gasteiger partial charge in [-0.05, 0) is 12.3 Å². The topological polar surface area (TPSA) is 46.5 Å². The molecule has 0 saturated carbocycles. The zero-order valence-electron chi connectivity index (χ0n) is 7.13. The van der Waals surface area contributed by atoms with Crippen LogP contribution in [0.15, 0.2) is 11.8 Å². The van der Waals surface area contributed by atoms with Crippen LogP contribution < -0.4 is 0 Å². The number of hydrogen-bond acceptors (Lipinski definition) is 3. The number of carbonyl (C=O) groups excluding carboxylic acids is 1. The lowest BCUT2D eigenvalue weighted by molar-refractivity contribution is -0.136. The summed E-state index contributed by atoms with van der Waals surface area (Å²) in [6, 6.07) is 0. The highest BCUT2D eigenvalue weighted by Crippen LogP contribution is 2.10. The molecule has 0 unspecified atom stereocenters. The van der Waals surface area contributed by atoms with Gasteiger partial charge >= 0.3 is 5.97 Å². The van der Waals surface area contributed by atoms with Gasteiger partial charge in [0.25, 0.3) is 0 Å². The molecule has 64 valence electrons. The summed E-state index contributed by atoms with van der Waals surface area (Å²) in [5, 5.41) is 8.61. The van der Waals surface area contributed by atoms with Crippen LogP contribution in [0.3, 0.4) is 0 Å². The maximum Gasteiger partial charge on any atom is 0.336 e. The minimum atomic E-state index is -0.457. The first-order chi connectivity index (χ1) is 5.11. The average Bonchev–Trinajstić information content (AvgIpc) is 1.98. The number of aliphatic hydroxyl groups excluding tert-OH is 1. The van der Waals surface area contributed by atoms with Crippen LogP contribution in [0.1, 0.15) is 20.3 Å². The van der Waals surface area contributed by atoms with Crippen molar-refractivity contribution in [3.05, 3.63) is 11.8 Å². The fraction of sp³-hybridized carbons (Fsp3) is 0.625. The van der Waals surface area contributed by atoms with Crippen molar-refractivity contribution in [2.24, 2.45) is 5.92 Å². The van der Waals surface area contributed by atoms with E-state index in [-0.39, 0.29) is 0 Å². The van der Waals surface area contributed by atoms with Gasteiger partial charge in [0.05, 0.1) is 18.9 Å². The third-order valence-corrected chi connectivity index (χ3v) is 1.23. The molecule has 0 bridgehead atoms. The Hall–Kier alpha value is -0.990. The van der Waals surface area contributed by atoms with Gasteiger partial charge in [0.15, 0.2) is 0 Å². The molecule has 0 aromatic rings. The minimum absolute atomic E-state index is 0.322. The lowest BCUT2D eigenvalue weighted by Crippen LogP contribution is -2.07. The minimum Gasteiger partial charge on any atom is -0.515 e. The van der Waals surface area contributed by atoms with Gasteiger partial charge in [-0.2, -0.15) is 0 Å². The highest BCUT2D eigenvalue weighted by Gasteiger charge is 2.10. The van der Waals surface area contributed by atoms with Gasteiger partial charge in [-0.25, -0.2) is 4.79 Å². The molecule has 0 saturated heterocycles. The van der Waals surface area contributed by atoms with Crippen molar-refractivity contribution in [3.63, 3.8) is 0 Å². The van der Waals surface area contributed by atoms with Crippen LogP contribution in [0.4, 0.5) is 0 Å². The molecule has 0 rings (SSSR count). The van der Waals surface area contributed by atoms with Gasteiger partial charge < -0.3 is 9.84 Å². The summed E-state index contributed by atoms with van der Waals surface area (Å²) in [5.41, 5.74) is 0.322. The van der Waals surface area contributed by atoms with Gasteiger partial charge in [0.2, 0.25) is 0 Å². The maximum atomic E-state index is 10.8. The molecule has 3 heteroatoms. The summed E-state index contributed by atoms with van der Waals surface area (Å²) < 4.78 is 4.44. The normalized spacial score (nSPS) is 11.8. The van der Waals surface area contributed by atoms with Crippen LogP contribution >= 0.6 is 0 Å². The van der Waals surface area contributed by atoms with E-state index in [1.54, 1.807) is 0 Å². The SMILES string of the molecule is COC(=O)C(=CO)CC(C)C. The first-order valence-electron chi connectivity index (χ1n) is 3.53. The summed E-state index contributed by atoms with van der Waals surface area (Å²) in [6.45, 7) is 3.93. The highest BCUT2D eigenvalue weighted by atomic mass is 16.5. The van der Waals surface area contributed by atoms with Crippen molar-refractivity contribution in [1.29, 1.82) is 0 Å². The third-order valence-electron chi connectivity index (χ3n) is 1.23. The second-order valence-electron chi connectivity index (χ2n) is 2.74. The Morgan fingerprint density at radius 1 is 1.64 bits per heavy atom. The highest BCUT2D eigenvalue weighted by molar-refractivity contribution is 5.87. The molecule has 0 aromatic carbocycles. The second-order valence-corrected chi connectivity index (χ2v) is 2.74.